The van der Waals surface area contributed by atoms with Crippen molar-refractivity contribution >= 4 is 18.6 Å². The first-order chi connectivity index (χ1) is 6.24. The van der Waals surface area contributed by atoms with Gasteiger partial charge < -0.3 is 15.2 Å². The molecule has 76 valence electrons. The van der Waals surface area contributed by atoms with Gasteiger partial charge in [0.1, 0.15) is 12.6 Å². The fourth-order valence-electron chi connectivity index (χ4n) is 1.13. The molecular weight excluding hydrogens is 190 g/mol. The number of nitrogens with two attached hydrogens (primary N) is 1. The highest BCUT2D eigenvalue weighted by atomic mass is 32.1. The van der Waals surface area contributed by atoms with Crippen LogP contribution in [0.15, 0.2) is 0 Å². The highest BCUT2D eigenvalue weighted by Crippen LogP contribution is 2.12. The van der Waals surface area contributed by atoms with Gasteiger partial charge in [-0.1, -0.05) is 0 Å². The normalized spacial score (nSPS) is 24.3. The number of hydrogen-bond donors (Lipinski definition) is 2. The van der Waals surface area contributed by atoms with Gasteiger partial charge in [0, 0.05) is 12.4 Å². The lowest BCUT2D eigenvalue weighted by Gasteiger charge is -2.12. The summed E-state index contributed by atoms with van der Waals surface area (Å²) in [5.74, 6) is -0.0878. The van der Waals surface area contributed by atoms with Crippen LogP contribution >= 0.6 is 12.6 Å². The Morgan fingerprint density at radius 1 is 1.77 bits per heavy atom. The number of thiol groups is 1. The second-order valence-electron chi connectivity index (χ2n) is 3.05. The monoisotopic (exact) mass is 205 g/mol. The molecule has 1 aliphatic rings. The van der Waals surface area contributed by atoms with Gasteiger partial charge in [-0.2, -0.15) is 12.6 Å². The van der Waals surface area contributed by atoms with Gasteiger partial charge in [-0.05, 0) is 12.8 Å². The maximum Gasteiger partial charge on any atom is 0.323 e. The van der Waals surface area contributed by atoms with Crippen molar-refractivity contribution in [1.29, 1.82) is 0 Å². The first kappa shape index (κ1) is 10.8. The molecule has 0 spiro atoms. The van der Waals surface area contributed by atoms with Crippen molar-refractivity contribution in [3.8, 4) is 0 Å². The summed E-state index contributed by atoms with van der Waals surface area (Å²) in [5, 5.41) is 0. The summed E-state index contributed by atoms with van der Waals surface area (Å²) in [6.07, 6.45) is 2.07. The van der Waals surface area contributed by atoms with Crippen LogP contribution in [0, 0.1) is 0 Å². The Labute approximate surface area is 83.2 Å². The van der Waals surface area contributed by atoms with Crippen molar-refractivity contribution in [3.63, 3.8) is 0 Å². The molecule has 1 rings (SSSR count). The summed E-state index contributed by atoms with van der Waals surface area (Å²) in [6.45, 7) is 1.08. The maximum atomic E-state index is 11.1. The third-order valence-corrected chi connectivity index (χ3v) is 2.33. The Kier molecular flexibility index (Phi) is 4.55. The van der Waals surface area contributed by atoms with Crippen LogP contribution in [0.2, 0.25) is 0 Å². The van der Waals surface area contributed by atoms with Gasteiger partial charge >= 0.3 is 5.97 Å². The van der Waals surface area contributed by atoms with Crippen LogP contribution in [0.5, 0.6) is 0 Å². The first-order valence-corrected chi connectivity index (χ1v) is 5.02. The van der Waals surface area contributed by atoms with E-state index in [-0.39, 0.29) is 6.10 Å². The van der Waals surface area contributed by atoms with Crippen molar-refractivity contribution < 1.29 is 14.3 Å². The standard InChI is InChI=1S/C8H15NO3S/c9-7(5-13)8(10)12-4-6-2-1-3-11-6/h6-7,13H,1-5,9H2/t6?,7-/m0/s1. The SMILES string of the molecule is N[C@@H](CS)C(=O)OCC1CCCO1. The summed E-state index contributed by atoms with van der Waals surface area (Å²) in [7, 11) is 0. The molecule has 1 aliphatic heterocycles. The smallest absolute Gasteiger partial charge is 0.323 e. The summed E-state index contributed by atoms with van der Waals surface area (Å²) >= 11 is 3.90. The molecule has 1 saturated heterocycles. The lowest BCUT2D eigenvalue weighted by atomic mass is 10.2. The van der Waals surface area contributed by atoms with E-state index < -0.39 is 12.0 Å². The van der Waals surface area contributed by atoms with Gasteiger partial charge in [-0.25, -0.2) is 0 Å². The van der Waals surface area contributed by atoms with Crippen molar-refractivity contribution in [1.82, 2.24) is 0 Å². The fraction of sp³-hybridized carbons (Fsp3) is 0.875. The third-order valence-electron chi connectivity index (χ3n) is 1.93. The minimum Gasteiger partial charge on any atom is -0.462 e. The molecule has 1 heterocycles. The second-order valence-corrected chi connectivity index (χ2v) is 3.42. The zero-order chi connectivity index (χ0) is 9.68. The van der Waals surface area contributed by atoms with E-state index in [0.29, 0.717) is 12.4 Å². The first-order valence-electron chi connectivity index (χ1n) is 4.38. The Morgan fingerprint density at radius 2 is 2.54 bits per heavy atom. The molecule has 0 aromatic carbocycles. The largest absolute Gasteiger partial charge is 0.462 e. The van der Waals surface area contributed by atoms with Crippen LogP contribution in [0.3, 0.4) is 0 Å². The summed E-state index contributed by atoms with van der Waals surface area (Å²) in [6, 6.07) is -0.621. The zero-order valence-corrected chi connectivity index (χ0v) is 8.33. The van der Waals surface area contributed by atoms with Gasteiger partial charge in [0.15, 0.2) is 0 Å². The Hall–Kier alpha value is -0.260. The minimum absolute atomic E-state index is 0.0658. The molecule has 0 aromatic heterocycles. The molecule has 0 amide bonds. The molecule has 5 heteroatoms. The van der Waals surface area contributed by atoms with Crippen molar-refractivity contribution in [2.24, 2.45) is 5.73 Å². The molecule has 1 fully saturated rings. The lowest BCUT2D eigenvalue weighted by molar-refractivity contribution is -0.147. The number of carbonyl (C=O) groups is 1. The molecule has 13 heavy (non-hydrogen) atoms. The molecule has 0 radical (unpaired) electrons. The van der Waals surface area contributed by atoms with E-state index in [1.807, 2.05) is 0 Å². The number of hydrogen-bond acceptors (Lipinski definition) is 5. The lowest BCUT2D eigenvalue weighted by Crippen LogP contribution is -2.35. The molecule has 4 nitrogen and oxygen atoms in total. The number of esters is 1. The van der Waals surface area contributed by atoms with Crippen LogP contribution in [-0.4, -0.2) is 37.1 Å². The summed E-state index contributed by atoms with van der Waals surface area (Å²) in [4.78, 5) is 11.1. The van der Waals surface area contributed by atoms with E-state index in [1.165, 1.54) is 0 Å². The van der Waals surface area contributed by atoms with Gasteiger partial charge in [-0.15, -0.1) is 0 Å². The van der Waals surface area contributed by atoms with Gasteiger partial charge in [0.05, 0.1) is 6.10 Å². The maximum absolute atomic E-state index is 11.1. The van der Waals surface area contributed by atoms with Crippen molar-refractivity contribution in [3.05, 3.63) is 0 Å². The van der Waals surface area contributed by atoms with E-state index in [4.69, 9.17) is 15.2 Å². The predicted octanol–water partition coefficient (Wildman–Crippen LogP) is -0.0343. The van der Waals surface area contributed by atoms with Crippen LogP contribution in [-0.2, 0) is 14.3 Å². The summed E-state index contributed by atoms with van der Waals surface area (Å²) < 4.78 is 10.2. The van der Waals surface area contributed by atoms with Crippen LogP contribution in [0.1, 0.15) is 12.8 Å². The quantitative estimate of drug-likeness (QED) is 0.499. The molecule has 2 atom stereocenters. The zero-order valence-electron chi connectivity index (χ0n) is 7.44. The fourth-order valence-corrected chi connectivity index (χ4v) is 1.28. The van der Waals surface area contributed by atoms with E-state index in [1.54, 1.807) is 0 Å². The number of ether oxygens (including phenoxy) is 2. The average molecular weight is 205 g/mol. The van der Waals surface area contributed by atoms with E-state index in [0.717, 1.165) is 19.4 Å². The Balaban J connectivity index is 2.13. The Morgan fingerprint density at radius 3 is 3.08 bits per heavy atom. The van der Waals surface area contributed by atoms with Crippen LogP contribution < -0.4 is 5.73 Å². The molecule has 0 bridgehead atoms. The molecule has 0 aliphatic carbocycles. The molecule has 0 aromatic rings. The third kappa shape index (κ3) is 3.54. The van der Waals surface area contributed by atoms with Crippen molar-refractivity contribution in [2.75, 3.05) is 19.0 Å². The highest BCUT2D eigenvalue weighted by molar-refractivity contribution is 7.80. The topological polar surface area (TPSA) is 61.6 Å². The molecule has 1 unspecified atom stereocenters. The molecular formula is C8H15NO3S. The Bertz CT molecular complexity index is 171. The average Bonchev–Trinajstić information content (AvgIpc) is 2.65. The molecule has 0 saturated carbocycles. The second kappa shape index (κ2) is 5.47. The number of carbonyl (C=O) groups excluding carboxylic acids is 1. The number of rotatable bonds is 4. The van der Waals surface area contributed by atoms with E-state index >= 15 is 0 Å². The summed E-state index contributed by atoms with van der Waals surface area (Å²) in [5.41, 5.74) is 5.41. The van der Waals surface area contributed by atoms with E-state index in [2.05, 4.69) is 12.6 Å². The van der Waals surface area contributed by atoms with Gasteiger partial charge in [0.2, 0.25) is 0 Å². The van der Waals surface area contributed by atoms with E-state index in [9.17, 15) is 4.79 Å². The highest BCUT2D eigenvalue weighted by Gasteiger charge is 2.19. The van der Waals surface area contributed by atoms with Crippen LogP contribution in [0.25, 0.3) is 0 Å². The predicted molar refractivity (Wildman–Crippen MR) is 51.8 cm³/mol. The van der Waals surface area contributed by atoms with Gasteiger partial charge in [-0.3, -0.25) is 4.79 Å². The van der Waals surface area contributed by atoms with Crippen molar-refractivity contribution in [2.45, 2.75) is 25.0 Å². The minimum atomic E-state index is -0.621. The van der Waals surface area contributed by atoms with Gasteiger partial charge in [0.25, 0.3) is 0 Å². The van der Waals surface area contributed by atoms with Crippen LogP contribution in [0.4, 0.5) is 0 Å². The molecule has 2 N–H and O–H groups in total.